The molecule has 0 fully saturated rings. The zero-order valence-corrected chi connectivity index (χ0v) is 9.66. The Morgan fingerprint density at radius 1 is 1.47 bits per heavy atom. The van der Waals surface area contributed by atoms with Crippen molar-refractivity contribution >= 4 is 5.82 Å². The maximum atomic E-state index is 5.62. The highest BCUT2D eigenvalue weighted by atomic mass is 16.5. The summed E-state index contributed by atoms with van der Waals surface area (Å²) < 4.78 is 5.03. The molecule has 1 aromatic rings. The van der Waals surface area contributed by atoms with Gasteiger partial charge < -0.3 is 15.4 Å². The molecule has 1 heterocycles. The van der Waals surface area contributed by atoms with Crippen LogP contribution in [-0.4, -0.2) is 32.3 Å². The number of methoxy groups -OCH3 is 1. The summed E-state index contributed by atoms with van der Waals surface area (Å²) in [7, 11) is 3.70. The van der Waals surface area contributed by atoms with Crippen molar-refractivity contribution in [3.63, 3.8) is 0 Å². The summed E-state index contributed by atoms with van der Waals surface area (Å²) in [6.07, 6.45) is 0. The third-order valence-corrected chi connectivity index (χ3v) is 2.26. The van der Waals surface area contributed by atoms with E-state index in [0.29, 0.717) is 13.2 Å². The molecule has 1 rings (SSSR count). The largest absolute Gasteiger partial charge is 0.383 e. The second-order valence-electron chi connectivity index (χ2n) is 3.59. The van der Waals surface area contributed by atoms with Crippen LogP contribution in [0.3, 0.4) is 0 Å². The minimum Gasteiger partial charge on any atom is -0.383 e. The van der Waals surface area contributed by atoms with Crippen LogP contribution in [-0.2, 0) is 11.3 Å². The highest BCUT2D eigenvalue weighted by molar-refractivity contribution is 5.41. The number of rotatable bonds is 5. The molecule has 0 saturated carbocycles. The Kier molecular flexibility index (Phi) is 4.52. The molecule has 0 saturated heterocycles. The van der Waals surface area contributed by atoms with Crippen LogP contribution in [0.5, 0.6) is 0 Å². The molecule has 0 unspecified atom stereocenters. The summed E-state index contributed by atoms with van der Waals surface area (Å²) >= 11 is 0. The van der Waals surface area contributed by atoms with Crippen molar-refractivity contribution in [2.24, 2.45) is 5.73 Å². The highest BCUT2D eigenvalue weighted by Crippen LogP contribution is 2.13. The van der Waals surface area contributed by atoms with Gasteiger partial charge in [-0.25, -0.2) is 4.98 Å². The van der Waals surface area contributed by atoms with Gasteiger partial charge in [-0.05, 0) is 24.6 Å². The Morgan fingerprint density at radius 2 is 2.20 bits per heavy atom. The number of nitrogens with zero attached hydrogens (tertiary/aromatic N) is 2. The van der Waals surface area contributed by atoms with Crippen LogP contribution in [0.2, 0.25) is 0 Å². The lowest BCUT2D eigenvalue weighted by Gasteiger charge is -2.18. The first-order valence-electron chi connectivity index (χ1n) is 5.05. The van der Waals surface area contributed by atoms with Crippen LogP contribution in [0.4, 0.5) is 5.82 Å². The van der Waals surface area contributed by atoms with E-state index < -0.39 is 0 Å². The van der Waals surface area contributed by atoms with Gasteiger partial charge in [0.25, 0.3) is 0 Å². The average molecular weight is 209 g/mol. The predicted molar refractivity (Wildman–Crippen MR) is 62.0 cm³/mol. The zero-order valence-electron chi connectivity index (χ0n) is 9.66. The first-order chi connectivity index (χ1) is 7.17. The quantitative estimate of drug-likeness (QED) is 0.784. The minimum absolute atomic E-state index is 0.550. The molecule has 0 aliphatic carbocycles. The molecule has 0 bridgehead atoms. The molecule has 0 aliphatic heterocycles. The van der Waals surface area contributed by atoms with Crippen LogP contribution in [0.25, 0.3) is 0 Å². The summed E-state index contributed by atoms with van der Waals surface area (Å²) in [4.78, 5) is 6.51. The second kappa shape index (κ2) is 5.68. The van der Waals surface area contributed by atoms with Gasteiger partial charge in [-0.2, -0.15) is 0 Å². The summed E-state index contributed by atoms with van der Waals surface area (Å²) in [5.41, 5.74) is 7.73. The van der Waals surface area contributed by atoms with Gasteiger partial charge in [0.05, 0.1) is 6.61 Å². The van der Waals surface area contributed by atoms with Crippen molar-refractivity contribution in [3.8, 4) is 0 Å². The fourth-order valence-corrected chi connectivity index (χ4v) is 1.38. The van der Waals surface area contributed by atoms with Crippen molar-refractivity contribution in [3.05, 3.63) is 23.4 Å². The van der Waals surface area contributed by atoms with E-state index >= 15 is 0 Å². The number of ether oxygens (including phenoxy) is 1. The number of aromatic nitrogens is 1. The van der Waals surface area contributed by atoms with Crippen LogP contribution in [0.15, 0.2) is 12.1 Å². The maximum Gasteiger partial charge on any atom is 0.128 e. The first-order valence-corrected chi connectivity index (χ1v) is 5.05. The number of anilines is 1. The van der Waals surface area contributed by atoms with E-state index in [1.165, 1.54) is 0 Å². The van der Waals surface area contributed by atoms with Gasteiger partial charge in [0.15, 0.2) is 0 Å². The second-order valence-corrected chi connectivity index (χ2v) is 3.59. The molecule has 2 N–H and O–H groups in total. The summed E-state index contributed by atoms with van der Waals surface area (Å²) in [5, 5.41) is 0. The molecule has 4 heteroatoms. The Morgan fingerprint density at radius 3 is 2.80 bits per heavy atom. The first kappa shape index (κ1) is 11.9. The average Bonchev–Trinajstić information content (AvgIpc) is 2.24. The zero-order chi connectivity index (χ0) is 11.3. The smallest absolute Gasteiger partial charge is 0.128 e. The fraction of sp³-hybridized carbons (Fsp3) is 0.545. The Hall–Kier alpha value is -1.13. The molecule has 0 amide bonds. The third kappa shape index (κ3) is 3.49. The molecule has 1 aromatic heterocycles. The highest BCUT2D eigenvalue weighted by Gasteiger charge is 2.04. The Labute approximate surface area is 91.1 Å². The van der Waals surface area contributed by atoms with Crippen LogP contribution < -0.4 is 10.6 Å². The lowest BCUT2D eigenvalue weighted by Crippen LogP contribution is -2.23. The van der Waals surface area contributed by atoms with Gasteiger partial charge in [-0.1, -0.05) is 0 Å². The van der Waals surface area contributed by atoms with E-state index in [9.17, 15) is 0 Å². The summed E-state index contributed by atoms with van der Waals surface area (Å²) in [5.74, 6) is 0.951. The van der Waals surface area contributed by atoms with Gasteiger partial charge in [-0.3, -0.25) is 0 Å². The molecule has 84 valence electrons. The van der Waals surface area contributed by atoms with E-state index in [2.05, 4.69) is 9.88 Å². The number of hydrogen-bond acceptors (Lipinski definition) is 4. The lowest BCUT2D eigenvalue weighted by molar-refractivity contribution is 0.206. The molecule has 0 radical (unpaired) electrons. The molecule has 4 nitrogen and oxygen atoms in total. The van der Waals surface area contributed by atoms with Crippen molar-refractivity contribution in [2.75, 3.05) is 32.2 Å². The van der Waals surface area contributed by atoms with Gasteiger partial charge in [0.1, 0.15) is 5.82 Å². The normalized spacial score (nSPS) is 10.4. The SMILES string of the molecule is COCCN(C)c1cc(CN)cc(C)n1. The monoisotopic (exact) mass is 209 g/mol. The van der Waals surface area contributed by atoms with E-state index in [1.807, 2.05) is 26.1 Å². The number of nitrogens with two attached hydrogens (primary N) is 1. The van der Waals surface area contributed by atoms with E-state index in [1.54, 1.807) is 7.11 Å². The van der Waals surface area contributed by atoms with Crippen molar-refractivity contribution in [1.82, 2.24) is 4.98 Å². The van der Waals surface area contributed by atoms with Crippen LogP contribution in [0.1, 0.15) is 11.3 Å². The van der Waals surface area contributed by atoms with Gasteiger partial charge in [0, 0.05) is 32.9 Å². The lowest BCUT2D eigenvalue weighted by atomic mass is 10.2. The number of pyridine rings is 1. The Bertz CT molecular complexity index is 315. The van der Waals surface area contributed by atoms with Crippen LogP contribution >= 0.6 is 0 Å². The van der Waals surface area contributed by atoms with Crippen molar-refractivity contribution < 1.29 is 4.74 Å². The minimum atomic E-state index is 0.550. The van der Waals surface area contributed by atoms with Crippen LogP contribution in [0, 0.1) is 6.92 Å². The molecule has 0 aromatic carbocycles. The molecule has 0 spiro atoms. The maximum absolute atomic E-state index is 5.62. The molecule has 0 atom stereocenters. The van der Waals surface area contributed by atoms with Gasteiger partial charge >= 0.3 is 0 Å². The van der Waals surface area contributed by atoms with Gasteiger partial charge in [0.2, 0.25) is 0 Å². The van der Waals surface area contributed by atoms with Crippen molar-refractivity contribution in [2.45, 2.75) is 13.5 Å². The predicted octanol–water partition coefficient (Wildman–Crippen LogP) is 0.931. The topological polar surface area (TPSA) is 51.4 Å². The molecule has 15 heavy (non-hydrogen) atoms. The number of likely N-dealkylation sites (N-methyl/N-ethyl adjacent to an activating group) is 1. The molecular weight excluding hydrogens is 190 g/mol. The van der Waals surface area contributed by atoms with E-state index in [0.717, 1.165) is 23.6 Å². The third-order valence-electron chi connectivity index (χ3n) is 2.26. The number of aryl methyl sites for hydroxylation is 1. The molecule has 0 aliphatic rings. The van der Waals surface area contributed by atoms with E-state index in [4.69, 9.17) is 10.5 Å². The summed E-state index contributed by atoms with van der Waals surface area (Å²) in [6.45, 7) is 4.06. The fourth-order valence-electron chi connectivity index (χ4n) is 1.38. The number of hydrogen-bond donors (Lipinski definition) is 1. The van der Waals surface area contributed by atoms with Crippen molar-refractivity contribution in [1.29, 1.82) is 0 Å². The standard InChI is InChI=1S/C11H19N3O/c1-9-6-10(8-12)7-11(13-9)14(2)4-5-15-3/h6-7H,4-5,8,12H2,1-3H3. The van der Waals surface area contributed by atoms with Gasteiger partial charge in [-0.15, -0.1) is 0 Å². The van der Waals surface area contributed by atoms with E-state index in [-0.39, 0.29) is 0 Å². The molecular formula is C11H19N3O. The Balaban J connectivity index is 2.78. The summed E-state index contributed by atoms with van der Waals surface area (Å²) in [6, 6.07) is 4.02.